The van der Waals surface area contributed by atoms with Gasteiger partial charge >= 0.3 is 5.97 Å². The number of fused-ring (bicyclic) bond motifs is 1. The van der Waals surface area contributed by atoms with Gasteiger partial charge in [0.2, 0.25) is 0 Å². The first kappa shape index (κ1) is 12.8. The number of hydrogen-bond acceptors (Lipinski definition) is 5. The molecule has 0 spiro atoms. The van der Waals surface area contributed by atoms with Crippen molar-refractivity contribution in [1.29, 1.82) is 0 Å². The highest BCUT2D eigenvalue weighted by Gasteiger charge is 2.46. The molecule has 0 saturated carbocycles. The van der Waals surface area contributed by atoms with E-state index >= 15 is 0 Å². The number of anilines is 1. The Balaban J connectivity index is 2.06. The smallest absolute Gasteiger partial charge is 0.345 e. The number of halogens is 2. The lowest BCUT2D eigenvalue weighted by atomic mass is 10.1. The molecule has 6 nitrogen and oxygen atoms in total. The molecule has 2 aromatic heterocycles. The minimum atomic E-state index is -2.74. The van der Waals surface area contributed by atoms with Gasteiger partial charge in [0.05, 0.1) is 19.7 Å². The van der Waals surface area contributed by atoms with Crippen LogP contribution in [0.5, 0.6) is 0 Å². The van der Waals surface area contributed by atoms with Crippen LogP contribution in [0.25, 0.3) is 5.65 Å². The Bertz CT molecular complexity index is 663. The normalized spacial score (nSPS) is 17.1. The van der Waals surface area contributed by atoms with E-state index in [-0.39, 0.29) is 18.0 Å². The number of esters is 1. The third-order valence-corrected chi connectivity index (χ3v) is 3.00. The summed E-state index contributed by atoms with van der Waals surface area (Å²) in [6.45, 7) is 0.958. The Labute approximate surface area is 113 Å². The standard InChI is InChI=1S/C12H12F2N4O2/c1-2-20-11(19)8-9-15-4-3-5-18(9)16-10(8)17-6-12(13,14)7-17/h3-5H,2,6-7H2,1H3. The summed E-state index contributed by atoms with van der Waals surface area (Å²) in [5.74, 6) is -3.16. The quantitative estimate of drug-likeness (QED) is 0.796. The van der Waals surface area contributed by atoms with Crippen LogP contribution in [-0.4, -0.2) is 46.2 Å². The fraction of sp³-hybridized carbons (Fsp3) is 0.417. The molecule has 0 unspecified atom stereocenters. The molecule has 0 N–H and O–H groups in total. The maximum atomic E-state index is 13.0. The van der Waals surface area contributed by atoms with Gasteiger partial charge in [0, 0.05) is 12.4 Å². The third kappa shape index (κ3) is 1.97. The summed E-state index contributed by atoms with van der Waals surface area (Å²) >= 11 is 0. The lowest BCUT2D eigenvalue weighted by molar-refractivity contribution is -0.0269. The lowest BCUT2D eigenvalue weighted by Gasteiger charge is -2.39. The molecule has 0 bridgehead atoms. The first-order chi connectivity index (χ1) is 9.52. The Morgan fingerprint density at radius 2 is 2.25 bits per heavy atom. The van der Waals surface area contributed by atoms with Gasteiger partial charge in [0.1, 0.15) is 5.56 Å². The van der Waals surface area contributed by atoms with E-state index in [0.29, 0.717) is 5.65 Å². The first-order valence-electron chi connectivity index (χ1n) is 6.15. The first-order valence-corrected chi connectivity index (χ1v) is 6.15. The van der Waals surface area contributed by atoms with Gasteiger partial charge in [-0.2, -0.15) is 0 Å². The zero-order chi connectivity index (χ0) is 14.3. The van der Waals surface area contributed by atoms with Crippen molar-refractivity contribution < 1.29 is 18.3 Å². The number of nitrogens with zero attached hydrogens (tertiary/aromatic N) is 4. The Hall–Kier alpha value is -2.25. The van der Waals surface area contributed by atoms with Crippen molar-refractivity contribution in [2.75, 3.05) is 24.6 Å². The van der Waals surface area contributed by atoms with Crippen LogP contribution >= 0.6 is 0 Å². The number of rotatable bonds is 3. The molecule has 2 aromatic rings. The average molecular weight is 282 g/mol. The topological polar surface area (TPSA) is 59.7 Å². The number of ether oxygens (including phenoxy) is 1. The van der Waals surface area contributed by atoms with Gasteiger partial charge in [-0.15, -0.1) is 5.10 Å². The summed E-state index contributed by atoms with van der Waals surface area (Å²) in [5, 5.41) is 4.15. The van der Waals surface area contributed by atoms with E-state index in [1.165, 1.54) is 15.6 Å². The molecular formula is C12H12F2N4O2. The summed E-state index contributed by atoms with van der Waals surface area (Å²) in [7, 11) is 0. The molecule has 3 rings (SSSR count). The van der Waals surface area contributed by atoms with Gasteiger partial charge in [-0.1, -0.05) is 0 Å². The maximum absolute atomic E-state index is 13.0. The highest BCUT2D eigenvalue weighted by Crippen LogP contribution is 2.34. The third-order valence-electron chi connectivity index (χ3n) is 3.00. The number of hydrogen-bond donors (Lipinski definition) is 0. The molecule has 1 aliphatic rings. The molecule has 106 valence electrons. The summed E-state index contributed by atoms with van der Waals surface area (Å²) in [4.78, 5) is 17.4. The SMILES string of the molecule is CCOC(=O)c1c(N2CC(F)(F)C2)nn2cccnc12. The predicted octanol–water partition coefficient (Wildman–Crippen LogP) is 1.36. The summed E-state index contributed by atoms with van der Waals surface area (Å²) in [6.07, 6.45) is 3.11. The van der Waals surface area contributed by atoms with Gasteiger partial charge in [-0.25, -0.2) is 23.1 Å². The van der Waals surface area contributed by atoms with E-state index < -0.39 is 25.0 Å². The van der Waals surface area contributed by atoms with E-state index in [0.717, 1.165) is 0 Å². The molecule has 20 heavy (non-hydrogen) atoms. The minimum Gasteiger partial charge on any atom is -0.462 e. The molecule has 0 atom stereocenters. The Morgan fingerprint density at radius 1 is 1.50 bits per heavy atom. The second-order valence-corrected chi connectivity index (χ2v) is 4.52. The fourth-order valence-electron chi connectivity index (χ4n) is 2.14. The lowest BCUT2D eigenvalue weighted by Crippen LogP contribution is -2.57. The molecule has 1 saturated heterocycles. The van der Waals surface area contributed by atoms with Crippen molar-refractivity contribution in [3.63, 3.8) is 0 Å². The monoisotopic (exact) mass is 282 g/mol. The van der Waals surface area contributed by atoms with Crippen LogP contribution in [0.15, 0.2) is 18.5 Å². The van der Waals surface area contributed by atoms with Crippen LogP contribution in [0.3, 0.4) is 0 Å². The summed E-state index contributed by atoms with van der Waals surface area (Å²) < 4.78 is 32.4. The van der Waals surface area contributed by atoms with Gasteiger partial charge in [0.15, 0.2) is 11.5 Å². The average Bonchev–Trinajstić information content (AvgIpc) is 2.75. The molecule has 3 heterocycles. The van der Waals surface area contributed by atoms with Crippen molar-refractivity contribution in [1.82, 2.24) is 14.6 Å². The summed E-state index contributed by atoms with van der Waals surface area (Å²) in [5.41, 5.74) is 0.430. The van der Waals surface area contributed by atoms with Gasteiger partial charge in [-0.05, 0) is 13.0 Å². The molecule has 1 fully saturated rings. The zero-order valence-electron chi connectivity index (χ0n) is 10.7. The van der Waals surface area contributed by atoms with Crippen LogP contribution in [0.4, 0.5) is 14.6 Å². The molecule has 0 amide bonds. The van der Waals surface area contributed by atoms with Gasteiger partial charge < -0.3 is 9.64 Å². The number of aromatic nitrogens is 3. The largest absolute Gasteiger partial charge is 0.462 e. The van der Waals surface area contributed by atoms with Crippen LogP contribution in [0.2, 0.25) is 0 Å². The zero-order valence-corrected chi connectivity index (χ0v) is 10.7. The van der Waals surface area contributed by atoms with E-state index in [4.69, 9.17) is 4.74 Å². The minimum absolute atomic E-state index is 0.128. The second kappa shape index (κ2) is 4.39. The highest BCUT2D eigenvalue weighted by atomic mass is 19.3. The molecule has 8 heteroatoms. The van der Waals surface area contributed by atoms with Crippen LogP contribution < -0.4 is 4.90 Å². The van der Waals surface area contributed by atoms with Gasteiger partial charge in [-0.3, -0.25) is 0 Å². The molecule has 0 radical (unpaired) electrons. The van der Waals surface area contributed by atoms with E-state index in [1.54, 1.807) is 19.2 Å². The maximum Gasteiger partial charge on any atom is 0.345 e. The Morgan fingerprint density at radius 3 is 2.90 bits per heavy atom. The summed E-state index contributed by atoms with van der Waals surface area (Å²) in [6, 6.07) is 1.64. The van der Waals surface area contributed by atoms with E-state index in [2.05, 4.69) is 10.1 Å². The number of carbonyl (C=O) groups is 1. The van der Waals surface area contributed by atoms with Crippen LogP contribution in [0, 0.1) is 0 Å². The highest BCUT2D eigenvalue weighted by molar-refractivity contribution is 6.01. The fourth-order valence-corrected chi connectivity index (χ4v) is 2.14. The number of alkyl halides is 2. The molecule has 1 aliphatic heterocycles. The van der Waals surface area contributed by atoms with E-state index in [9.17, 15) is 13.6 Å². The molecular weight excluding hydrogens is 270 g/mol. The van der Waals surface area contributed by atoms with Crippen molar-refractivity contribution in [3.8, 4) is 0 Å². The second-order valence-electron chi connectivity index (χ2n) is 4.52. The van der Waals surface area contributed by atoms with E-state index in [1.807, 2.05) is 0 Å². The number of carbonyl (C=O) groups excluding carboxylic acids is 1. The predicted molar refractivity (Wildman–Crippen MR) is 66.1 cm³/mol. The van der Waals surface area contributed by atoms with Crippen molar-refractivity contribution in [3.05, 3.63) is 24.0 Å². The van der Waals surface area contributed by atoms with Crippen molar-refractivity contribution >= 4 is 17.4 Å². The molecule has 0 aliphatic carbocycles. The van der Waals surface area contributed by atoms with Gasteiger partial charge in [0.25, 0.3) is 5.92 Å². The van der Waals surface area contributed by atoms with Crippen LogP contribution in [-0.2, 0) is 4.74 Å². The Kier molecular flexibility index (Phi) is 2.81. The molecule has 0 aromatic carbocycles. The van der Waals surface area contributed by atoms with Crippen molar-refractivity contribution in [2.45, 2.75) is 12.8 Å². The van der Waals surface area contributed by atoms with Crippen molar-refractivity contribution in [2.24, 2.45) is 0 Å². The van der Waals surface area contributed by atoms with Crippen LogP contribution in [0.1, 0.15) is 17.3 Å².